The van der Waals surface area contributed by atoms with Gasteiger partial charge in [0.2, 0.25) is 0 Å². The van der Waals surface area contributed by atoms with Gasteiger partial charge >= 0.3 is 0 Å². The molecule has 4 aromatic rings. The molecule has 0 amide bonds. The molecule has 5 heteroatoms. The quantitative estimate of drug-likeness (QED) is 0.259. The number of rotatable bonds is 7. The molecule has 0 fully saturated rings. The molecule has 2 atom stereocenters. The van der Waals surface area contributed by atoms with Crippen molar-refractivity contribution in [2.75, 3.05) is 6.26 Å². The van der Waals surface area contributed by atoms with Crippen LogP contribution in [0, 0.1) is 5.82 Å². The van der Waals surface area contributed by atoms with Crippen molar-refractivity contribution in [3.05, 3.63) is 95.8 Å². The summed E-state index contributed by atoms with van der Waals surface area (Å²) >= 11 is 1.57. The number of hydrogen-bond acceptors (Lipinski definition) is 4. The Morgan fingerprint density at radius 2 is 1.74 bits per heavy atom. The molecular weight excluding hydrogens is 407 g/mol. The molecular formula is C26H25FN2OS. The minimum absolute atomic E-state index is 0.187. The van der Waals surface area contributed by atoms with Crippen molar-refractivity contribution >= 4 is 22.7 Å². The predicted octanol–water partition coefficient (Wildman–Crippen LogP) is 6.49. The van der Waals surface area contributed by atoms with Gasteiger partial charge in [0.1, 0.15) is 12.0 Å². The summed E-state index contributed by atoms with van der Waals surface area (Å²) < 4.78 is 13.8. The van der Waals surface area contributed by atoms with Crippen LogP contribution in [0.4, 0.5) is 4.39 Å². The Kier molecular flexibility index (Phi) is 6.66. The van der Waals surface area contributed by atoms with E-state index >= 15 is 0 Å². The first-order valence-electron chi connectivity index (χ1n) is 10.3. The van der Waals surface area contributed by atoms with Crippen LogP contribution in [0.1, 0.15) is 36.7 Å². The summed E-state index contributed by atoms with van der Waals surface area (Å²) in [5.74, 6) is -0.280. The van der Waals surface area contributed by atoms with Gasteiger partial charge in [-0.15, -0.1) is 11.8 Å². The van der Waals surface area contributed by atoms with E-state index in [2.05, 4.69) is 5.32 Å². The Morgan fingerprint density at radius 3 is 2.45 bits per heavy atom. The van der Waals surface area contributed by atoms with Crippen LogP contribution in [0.25, 0.3) is 22.2 Å². The summed E-state index contributed by atoms with van der Waals surface area (Å²) in [6.45, 7) is 2.02. The smallest absolute Gasteiger partial charge is 0.133 e. The number of aliphatic hydroxyl groups is 1. The number of pyridine rings is 1. The highest BCUT2D eigenvalue weighted by atomic mass is 32.2. The van der Waals surface area contributed by atoms with Gasteiger partial charge in [-0.1, -0.05) is 67.6 Å². The molecule has 4 rings (SSSR count). The second-order valence-electron chi connectivity index (χ2n) is 7.38. The van der Waals surface area contributed by atoms with Crippen molar-refractivity contribution in [1.82, 2.24) is 10.3 Å². The fraction of sp³-hybridized carbons (Fsp3) is 0.192. The van der Waals surface area contributed by atoms with Gasteiger partial charge in [-0.05, 0) is 36.4 Å². The van der Waals surface area contributed by atoms with Gasteiger partial charge < -0.3 is 5.11 Å². The highest BCUT2D eigenvalue weighted by Crippen LogP contribution is 2.39. The second-order valence-corrected chi connectivity index (χ2v) is 8.19. The Labute approximate surface area is 186 Å². The average Bonchev–Trinajstić information content (AvgIpc) is 2.81. The normalized spacial score (nSPS) is 13.3. The molecule has 2 unspecified atom stereocenters. The maximum Gasteiger partial charge on any atom is 0.133 e. The van der Waals surface area contributed by atoms with Crippen LogP contribution in [0.3, 0.4) is 0 Å². The number of thioether (sulfide) groups is 1. The summed E-state index contributed by atoms with van der Waals surface area (Å²) in [7, 11) is 0. The SMILES string of the molecule is CCC(NC(O)c1c(SC)c(-c2ccccc2)nc2ccccc12)c1cccc(F)c1. The van der Waals surface area contributed by atoms with Crippen LogP contribution in [0.15, 0.2) is 83.8 Å². The number of benzene rings is 3. The Bertz CT molecular complexity index is 1180. The van der Waals surface area contributed by atoms with Crippen molar-refractivity contribution in [2.45, 2.75) is 30.5 Å². The van der Waals surface area contributed by atoms with Crippen LogP contribution < -0.4 is 5.32 Å². The predicted molar refractivity (Wildman–Crippen MR) is 126 cm³/mol. The number of aromatic nitrogens is 1. The van der Waals surface area contributed by atoms with Gasteiger partial charge in [0.15, 0.2) is 0 Å². The van der Waals surface area contributed by atoms with Gasteiger partial charge in [-0.25, -0.2) is 9.37 Å². The zero-order chi connectivity index (χ0) is 21.8. The third-order valence-corrected chi connectivity index (χ3v) is 6.25. The lowest BCUT2D eigenvalue weighted by atomic mass is 10.0. The lowest BCUT2D eigenvalue weighted by molar-refractivity contribution is 0.121. The molecule has 158 valence electrons. The summed E-state index contributed by atoms with van der Waals surface area (Å²) in [6.07, 6.45) is 1.77. The van der Waals surface area contributed by atoms with E-state index < -0.39 is 6.23 Å². The topological polar surface area (TPSA) is 45.1 Å². The first-order valence-corrected chi connectivity index (χ1v) is 11.6. The molecule has 1 aromatic heterocycles. The number of fused-ring (bicyclic) bond motifs is 1. The molecule has 0 radical (unpaired) electrons. The lowest BCUT2D eigenvalue weighted by Gasteiger charge is -2.25. The summed E-state index contributed by atoms with van der Waals surface area (Å²) in [6, 6.07) is 24.2. The first kappa shape index (κ1) is 21.5. The lowest BCUT2D eigenvalue weighted by Crippen LogP contribution is -2.27. The monoisotopic (exact) mass is 432 g/mol. The fourth-order valence-corrected chi connectivity index (χ4v) is 4.74. The zero-order valence-corrected chi connectivity index (χ0v) is 18.4. The molecule has 3 aromatic carbocycles. The van der Waals surface area contributed by atoms with Crippen LogP contribution in [0.2, 0.25) is 0 Å². The van der Waals surface area contributed by atoms with Crippen LogP contribution in [-0.2, 0) is 0 Å². The molecule has 0 spiro atoms. The van der Waals surface area contributed by atoms with Crippen molar-refractivity contribution in [2.24, 2.45) is 0 Å². The molecule has 3 nitrogen and oxygen atoms in total. The van der Waals surface area contributed by atoms with E-state index in [0.29, 0.717) is 6.42 Å². The minimum atomic E-state index is -0.939. The van der Waals surface area contributed by atoms with Crippen molar-refractivity contribution < 1.29 is 9.50 Å². The van der Waals surface area contributed by atoms with Crippen LogP contribution >= 0.6 is 11.8 Å². The third-order valence-electron chi connectivity index (χ3n) is 5.43. The fourth-order valence-electron chi connectivity index (χ4n) is 3.94. The second kappa shape index (κ2) is 9.60. The van der Waals surface area contributed by atoms with E-state index in [9.17, 15) is 9.50 Å². The summed E-state index contributed by atoms with van der Waals surface area (Å²) in [5, 5.41) is 15.6. The van der Waals surface area contributed by atoms with Crippen LogP contribution in [-0.4, -0.2) is 16.3 Å². The van der Waals surface area contributed by atoms with Crippen molar-refractivity contribution in [3.63, 3.8) is 0 Å². The van der Waals surface area contributed by atoms with Crippen LogP contribution in [0.5, 0.6) is 0 Å². The molecule has 0 aliphatic heterocycles. The molecule has 0 saturated carbocycles. The largest absolute Gasteiger partial charge is 0.374 e. The molecule has 2 N–H and O–H groups in total. The van der Waals surface area contributed by atoms with E-state index in [0.717, 1.165) is 38.2 Å². The summed E-state index contributed by atoms with van der Waals surface area (Å²) in [5.41, 5.74) is 4.29. The molecule has 1 heterocycles. The average molecular weight is 433 g/mol. The van der Waals surface area contributed by atoms with E-state index in [1.165, 1.54) is 12.1 Å². The van der Waals surface area contributed by atoms with Crippen molar-refractivity contribution in [3.8, 4) is 11.3 Å². The highest BCUT2D eigenvalue weighted by Gasteiger charge is 2.23. The molecule has 0 aliphatic carbocycles. The highest BCUT2D eigenvalue weighted by molar-refractivity contribution is 7.98. The van der Waals surface area contributed by atoms with Gasteiger partial charge in [0.05, 0.1) is 11.2 Å². The Morgan fingerprint density at radius 1 is 1.00 bits per heavy atom. The standard InChI is InChI=1S/C26H25FN2OS/c1-3-21(18-12-9-13-19(27)16-18)29-26(30)23-20-14-7-8-15-22(20)28-24(25(23)31-2)17-10-5-4-6-11-17/h4-16,21,26,29-30H,3H2,1-2H3. The van der Waals surface area contributed by atoms with E-state index in [1.807, 2.05) is 73.8 Å². The number of nitrogens with zero attached hydrogens (tertiary/aromatic N) is 1. The van der Waals surface area contributed by atoms with Gasteiger partial charge in [0.25, 0.3) is 0 Å². The Hall–Kier alpha value is -2.73. The maximum absolute atomic E-state index is 13.8. The molecule has 31 heavy (non-hydrogen) atoms. The Balaban J connectivity index is 1.83. The first-order chi connectivity index (χ1) is 15.1. The van der Waals surface area contributed by atoms with E-state index in [1.54, 1.807) is 17.8 Å². The maximum atomic E-state index is 13.8. The summed E-state index contributed by atoms with van der Waals surface area (Å²) in [4.78, 5) is 5.85. The number of para-hydroxylation sites is 1. The van der Waals surface area contributed by atoms with Crippen molar-refractivity contribution in [1.29, 1.82) is 0 Å². The van der Waals surface area contributed by atoms with E-state index in [4.69, 9.17) is 4.98 Å². The third kappa shape index (κ3) is 4.49. The van der Waals surface area contributed by atoms with Gasteiger partial charge in [0, 0.05) is 27.5 Å². The number of nitrogens with one attached hydrogen (secondary N) is 1. The molecule has 0 aliphatic rings. The number of hydrogen-bond donors (Lipinski definition) is 2. The van der Waals surface area contributed by atoms with Gasteiger partial charge in [-0.2, -0.15) is 0 Å². The minimum Gasteiger partial charge on any atom is -0.374 e. The van der Waals surface area contributed by atoms with Gasteiger partial charge in [-0.3, -0.25) is 5.32 Å². The molecule has 0 bridgehead atoms. The number of aliphatic hydroxyl groups excluding tert-OH is 1. The zero-order valence-electron chi connectivity index (χ0n) is 17.5. The number of halogens is 1. The van der Waals surface area contributed by atoms with E-state index in [-0.39, 0.29) is 11.9 Å². The molecule has 0 saturated heterocycles.